The molecule has 1 heterocycles. The topological polar surface area (TPSA) is 105 Å². The fraction of sp³-hybridized carbons (Fsp3) is 0.652. The lowest BCUT2D eigenvalue weighted by Gasteiger charge is -2.47. The lowest BCUT2D eigenvalue weighted by molar-refractivity contribution is -0.133. The molecule has 1 saturated carbocycles. The van der Waals surface area contributed by atoms with E-state index in [1.807, 2.05) is 0 Å². The Morgan fingerprint density at radius 1 is 1.09 bits per heavy atom. The average Bonchev–Trinajstić information content (AvgIpc) is 2.74. The Hall–Kier alpha value is -2.33. The molecule has 3 rings (SSSR count). The number of hydrogen-bond donors (Lipinski definition) is 1. The summed E-state index contributed by atoms with van der Waals surface area (Å²) in [6.07, 6.45) is 8.35. The van der Waals surface area contributed by atoms with Gasteiger partial charge in [0.2, 0.25) is 21.8 Å². The van der Waals surface area contributed by atoms with Crippen LogP contribution in [0.3, 0.4) is 0 Å². The van der Waals surface area contributed by atoms with Gasteiger partial charge < -0.3 is 14.8 Å². The third kappa shape index (κ3) is 5.60. The molecule has 1 saturated heterocycles. The molecule has 0 bridgehead atoms. The molecule has 1 atom stereocenters. The van der Waals surface area contributed by atoms with Crippen molar-refractivity contribution in [1.29, 1.82) is 0 Å². The van der Waals surface area contributed by atoms with Gasteiger partial charge in [0.25, 0.3) is 0 Å². The van der Waals surface area contributed by atoms with Gasteiger partial charge >= 0.3 is 0 Å². The van der Waals surface area contributed by atoms with Crippen molar-refractivity contribution in [2.45, 2.75) is 63.5 Å². The Kier molecular flexibility index (Phi) is 7.89. The molecule has 184 valence electrons. The first-order valence-corrected chi connectivity index (χ1v) is 13.3. The monoisotopic (exact) mass is 481 g/mol. The quantitative estimate of drug-likeness (QED) is 0.669. The Morgan fingerprint density at radius 2 is 1.73 bits per heavy atom. The third-order valence-corrected chi connectivity index (χ3v) is 7.76. The van der Waals surface area contributed by atoms with Gasteiger partial charge in [0, 0.05) is 18.7 Å². The van der Waals surface area contributed by atoms with Crippen LogP contribution in [0.4, 0.5) is 5.69 Å². The number of piperazine rings is 1. The summed E-state index contributed by atoms with van der Waals surface area (Å²) >= 11 is 0. The van der Waals surface area contributed by atoms with Gasteiger partial charge in [-0.3, -0.25) is 14.5 Å². The van der Waals surface area contributed by atoms with Crippen LogP contribution in [0.2, 0.25) is 0 Å². The summed E-state index contributed by atoms with van der Waals surface area (Å²) in [5, 5.41) is 3.13. The first-order chi connectivity index (χ1) is 15.6. The molecule has 0 aromatic heterocycles. The van der Waals surface area contributed by atoms with Gasteiger partial charge in [0.1, 0.15) is 17.0 Å². The lowest BCUT2D eigenvalue weighted by Crippen LogP contribution is -2.70. The average molecular weight is 482 g/mol. The molecule has 1 N–H and O–H groups in total. The number of amides is 2. The van der Waals surface area contributed by atoms with Gasteiger partial charge in [0.05, 0.1) is 32.7 Å². The number of hydrogen-bond acceptors (Lipinski definition) is 6. The second kappa shape index (κ2) is 10.3. The molecule has 2 aliphatic rings. The maximum Gasteiger partial charge on any atom is 0.247 e. The summed E-state index contributed by atoms with van der Waals surface area (Å²) in [4.78, 5) is 28.4. The second-order valence-electron chi connectivity index (χ2n) is 9.09. The summed E-state index contributed by atoms with van der Waals surface area (Å²) in [5.74, 6) is 0.0390. The van der Waals surface area contributed by atoms with Crippen LogP contribution in [0.15, 0.2) is 18.2 Å². The fourth-order valence-electron chi connectivity index (χ4n) is 4.69. The first-order valence-electron chi connectivity index (χ1n) is 11.4. The number of methoxy groups -OCH3 is 2. The van der Waals surface area contributed by atoms with E-state index in [0.29, 0.717) is 17.2 Å². The highest BCUT2D eigenvalue weighted by Crippen LogP contribution is 2.38. The Labute approximate surface area is 196 Å². The zero-order valence-corrected chi connectivity index (χ0v) is 20.7. The Morgan fingerprint density at radius 3 is 2.30 bits per heavy atom. The molecule has 2 fully saturated rings. The fourth-order valence-corrected chi connectivity index (χ4v) is 5.52. The summed E-state index contributed by atoms with van der Waals surface area (Å²) in [7, 11) is -0.686. The van der Waals surface area contributed by atoms with Gasteiger partial charge in [-0.25, -0.2) is 8.42 Å². The molecule has 9 nitrogen and oxygen atoms in total. The number of nitrogens with zero attached hydrogens (tertiary/aromatic N) is 2. The smallest absolute Gasteiger partial charge is 0.247 e. The van der Waals surface area contributed by atoms with E-state index >= 15 is 0 Å². The molecule has 1 aromatic rings. The van der Waals surface area contributed by atoms with Crippen molar-refractivity contribution in [1.82, 2.24) is 9.62 Å². The van der Waals surface area contributed by atoms with Crippen LogP contribution in [-0.4, -0.2) is 69.7 Å². The number of nitrogens with one attached hydrogen (secondary N) is 1. The predicted octanol–water partition coefficient (Wildman–Crippen LogP) is 2.30. The number of ether oxygens (including phenoxy) is 2. The van der Waals surface area contributed by atoms with Crippen LogP contribution >= 0.6 is 0 Å². The van der Waals surface area contributed by atoms with Crippen molar-refractivity contribution in [3.8, 4) is 11.5 Å². The number of rotatable bonds is 6. The van der Waals surface area contributed by atoms with E-state index < -0.39 is 21.5 Å². The minimum atomic E-state index is -3.68. The van der Waals surface area contributed by atoms with E-state index in [1.165, 1.54) is 25.5 Å². The van der Waals surface area contributed by atoms with Gasteiger partial charge in [-0.1, -0.05) is 32.1 Å². The lowest BCUT2D eigenvalue weighted by atomic mass is 9.92. The summed E-state index contributed by atoms with van der Waals surface area (Å²) < 4.78 is 36.5. The van der Waals surface area contributed by atoms with Gasteiger partial charge in [0.15, 0.2) is 0 Å². The third-order valence-electron chi connectivity index (χ3n) is 6.57. The van der Waals surface area contributed by atoms with Crippen LogP contribution in [0, 0.1) is 0 Å². The molecule has 33 heavy (non-hydrogen) atoms. The maximum absolute atomic E-state index is 13.7. The molecule has 2 amide bonds. The highest BCUT2D eigenvalue weighted by Gasteiger charge is 2.51. The molecule has 0 radical (unpaired) electrons. The predicted molar refractivity (Wildman–Crippen MR) is 126 cm³/mol. The first kappa shape index (κ1) is 25.3. The summed E-state index contributed by atoms with van der Waals surface area (Å²) in [6, 6.07) is 4.98. The molecule has 1 aromatic carbocycles. The van der Waals surface area contributed by atoms with Crippen molar-refractivity contribution in [2.75, 3.05) is 38.5 Å². The molecule has 1 aliphatic heterocycles. The summed E-state index contributed by atoms with van der Waals surface area (Å²) in [5.41, 5.74) is -1.06. The van der Waals surface area contributed by atoms with Gasteiger partial charge in [-0.15, -0.1) is 0 Å². The zero-order chi connectivity index (χ0) is 24.2. The largest absolute Gasteiger partial charge is 0.497 e. The van der Waals surface area contributed by atoms with Crippen molar-refractivity contribution >= 4 is 27.5 Å². The van der Waals surface area contributed by atoms with E-state index in [2.05, 4.69) is 5.32 Å². The van der Waals surface area contributed by atoms with E-state index in [4.69, 9.17) is 9.47 Å². The normalized spacial score (nSPS) is 23.5. The van der Waals surface area contributed by atoms with Crippen LogP contribution in [0.25, 0.3) is 0 Å². The van der Waals surface area contributed by atoms with Crippen LogP contribution in [0.1, 0.15) is 51.9 Å². The maximum atomic E-state index is 13.7. The molecule has 0 spiro atoms. The molecular formula is C23H35N3O6S. The Bertz CT molecular complexity index is 974. The van der Waals surface area contributed by atoms with Crippen LogP contribution in [0.5, 0.6) is 11.5 Å². The number of anilines is 1. The summed E-state index contributed by atoms with van der Waals surface area (Å²) in [6.45, 7) is 1.12. The molecular weight excluding hydrogens is 446 g/mol. The molecule has 10 heteroatoms. The zero-order valence-electron chi connectivity index (χ0n) is 19.9. The van der Waals surface area contributed by atoms with Crippen LogP contribution in [-0.2, 0) is 19.6 Å². The highest BCUT2D eigenvalue weighted by molar-refractivity contribution is 7.88. The van der Waals surface area contributed by atoms with E-state index in [1.54, 1.807) is 25.1 Å². The molecule has 1 aliphatic carbocycles. The van der Waals surface area contributed by atoms with E-state index in [0.717, 1.165) is 49.1 Å². The van der Waals surface area contributed by atoms with E-state index in [-0.39, 0.29) is 25.0 Å². The second-order valence-corrected chi connectivity index (χ2v) is 11.1. The number of benzene rings is 1. The standard InChI is InChI=1S/C23H35N3O6S/c1-23(22(28)24-17-10-8-6-5-7-9-11-17)16-25(33(4,29)30)15-21(27)26(23)19-13-12-18(31-2)14-20(19)32-3/h12-14,17H,5-11,15-16H2,1-4H3,(H,24,28)/t23-/m1/s1. The minimum Gasteiger partial charge on any atom is -0.497 e. The van der Waals surface area contributed by atoms with Crippen molar-refractivity contribution in [3.05, 3.63) is 18.2 Å². The number of carbonyl (C=O) groups is 2. The van der Waals surface area contributed by atoms with Crippen molar-refractivity contribution < 1.29 is 27.5 Å². The Balaban J connectivity index is 2.01. The SMILES string of the molecule is COc1ccc(N2C(=O)CN(S(C)(=O)=O)C[C@]2(C)C(=O)NC2CCCCCCC2)c(OC)c1. The number of carbonyl (C=O) groups excluding carboxylic acids is 2. The van der Waals surface area contributed by atoms with Crippen molar-refractivity contribution in [2.24, 2.45) is 0 Å². The molecule has 0 unspecified atom stereocenters. The minimum absolute atomic E-state index is 0.00190. The number of sulfonamides is 1. The van der Waals surface area contributed by atoms with E-state index in [9.17, 15) is 18.0 Å². The van der Waals surface area contributed by atoms with Gasteiger partial charge in [-0.05, 0) is 31.9 Å². The van der Waals surface area contributed by atoms with Crippen molar-refractivity contribution in [3.63, 3.8) is 0 Å². The van der Waals surface area contributed by atoms with Crippen LogP contribution < -0.4 is 19.7 Å². The van der Waals surface area contributed by atoms with Gasteiger partial charge in [-0.2, -0.15) is 4.31 Å². The highest BCUT2D eigenvalue weighted by atomic mass is 32.2.